The molecule has 3 rings (SSSR count). The molecule has 1 aliphatic heterocycles. The Balaban J connectivity index is 1.56. The van der Waals surface area contributed by atoms with Crippen LogP contribution in [0.1, 0.15) is 50.8 Å². The van der Waals surface area contributed by atoms with Gasteiger partial charge in [-0.05, 0) is 12.8 Å². The van der Waals surface area contributed by atoms with Crippen molar-refractivity contribution in [3.63, 3.8) is 0 Å². The first-order valence-electron chi connectivity index (χ1n) is 8.34. The van der Waals surface area contributed by atoms with Crippen molar-refractivity contribution in [3.05, 3.63) is 5.82 Å². The Morgan fingerprint density at radius 3 is 2.83 bits per heavy atom. The average molecular weight is 320 g/mol. The summed E-state index contributed by atoms with van der Waals surface area (Å²) in [7, 11) is 1.78. The Kier molecular flexibility index (Phi) is 4.58. The van der Waals surface area contributed by atoms with Crippen LogP contribution < -0.4 is 0 Å². The zero-order valence-corrected chi connectivity index (χ0v) is 13.7. The number of hydrogen-bond donors (Lipinski definition) is 1. The highest BCUT2D eigenvalue weighted by Gasteiger charge is 2.39. The number of aromatic amines is 1. The standard InChI is InChI=1S/C15H24N6O2/c1-10(14-16-18-19-17-14)8-20(2)15(23)11-7-13(22)21(9-11)12-5-3-4-6-12/h10-12H,3-9H2,1-2H3,(H,16,17,18,19)/t10-,11-/m1/s1. The van der Waals surface area contributed by atoms with E-state index >= 15 is 0 Å². The third kappa shape index (κ3) is 3.35. The molecule has 23 heavy (non-hydrogen) atoms. The van der Waals surface area contributed by atoms with Crippen LogP contribution in [0, 0.1) is 5.92 Å². The molecule has 1 saturated carbocycles. The molecule has 0 radical (unpaired) electrons. The lowest BCUT2D eigenvalue weighted by Gasteiger charge is -2.25. The summed E-state index contributed by atoms with van der Waals surface area (Å²) in [5.74, 6) is 0.556. The summed E-state index contributed by atoms with van der Waals surface area (Å²) in [6, 6.07) is 0.351. The minimum Gasteiger partial charge on any atom is -0.345 e. The van der Waals surface area contributed by atoms with Crippen LogP contribution in [0.3, 0.4) is 0 Å². The van der Waals surface area contributed by atoms with E-state index in [-0.39, 0.29) is 23.7 Å². The lowest BCUT2D eigenvalue weighted by molar-refractivity contribution is -0.134. The Bertz CT molecular complexity index is 554. The zero-order chi connectivity index (χ0) is 16.4. The largest absolute Gasteiger partial charge is 0.345 e. The molecule has 0 bridgehead atoms. The number of likely N-dealkylation sites (N-methyl/N-ethyl adjacent to an activating group) is 1. The fourth-order valence-electron chi connectivity index (χ4n) is 3.74. The van der Waals surface area contributed by atoms with Crippen LogP contribution in [0.2, 0.25) is 0 Å². The van der Waals surface area contributed by atoms with Crippen molar-refractivity contribution >= 4 is 11.8 Å². The summed E-state index contributed by atoms with van der Waals surface area (Å²) < 4.78 is 0. The number of carbonyl (C=O) groups is 2. The molecule has 1 aromatic rings. The van der Waals surface area contributed by atoms with Gasteiger partial charge < -0.3 is 9.80 Å². The first-order valence-corrected chi connectivity index (χ1v) is 8.34. The number of hydrogen-bond acceptors (Lipinski definition) is 5. The van der Waals surface area contributed by atoms with Gasteiger partial charge in [-0.3, -0.25) is 9.59 Å². The molecule has 2 aliphatic rings. The molecule has 0 spiro atoms. The molecule has 1 aliphatic carbocycles. The van der Waals surface area contributed by atoms with Gasteiger partial charge in [-0.15, -0.1) is 10.2 Å². The average Bonchev–Trinajstić information content (AvgIpc) is 3.27. The van der Waals surface area contributed by atoms with E-state index in [2.05, 4.69) is 20.6 Å². The Morgan fingerprint density at radius 2 is 2.17 bits per heavy atom. The van der Waals surface area contributed by atoms with Crippen molar-refractivity contribution in [3.8, 4) is 0 Å². The molecule has 1 saturated heterocycles. The van der Waals surface area contributed by atoms with E-state index in [0.717, 1.165) is 12.8 Å². The van der Waals surface area contributed by atoms with Crippen LogP contribution in [0.15, 0.2) is 0 Å². The number of rotatable bonds is 5. The van der Waals surface area contributed by atoms with Gasteiger partial charge in [0.15, 0.2) is 5.82 Å². The predicted octanol–water partition coefficient (Wildman–Crippen LogP) is 0.553. The van der Waals surface area contributed by atoms with Gasteiger partial charge in [0.05, 0.1) is 5.92 Å². The Morgan fingerprint density at radius 1 is 1.43 bits per heavy atom. The summed E-state index contributed by atoms with van der Waals surface area (Å²) in [4.78, 5) is 28.5. The summed E-state index contributed by atoms with van der Waals surface area (Å²) >= 11 is 0. The lowest BCUT2D eigenvalue weighted by atomic mass is 10.1. The second-order valence-electron chi connectivity index (χ2n) is 6.78. The minimum absolute atomic E-state index is 0.00531. The first kappa shape index (κ1) is 15.9. The van der Waals surface area contributed by atoms with Crippen molar-refractivity contribution in [2.24, 2.45) is 5.92 Å². The Hall–Kier alpha value is -1.99. The molecule has 2 fully saturated rings. The van der Waals surface area contributed by atoms with Crippen molar-refractivity contribution in [2.75, 3.05) is 20.1 Å². The van der Waals surface area contributed by atoms with Gasteiger partial charge in [-0.25, -0.2) is 0 Å². The number of amides is 2. The minimum atomic E-state index is -0.217. The molecular weight excluding hydrogens is 296 g/mol. The lowest BCUT2D eigenvalue weighted by Crippen LogP contribution is -2.38. The predicted molar refractivity (Wildman–Crippen MR) is 82.3 cm³/mol. The highest BCUT2D eigenvalue weighted by Crippen LogP contribution is 2.30. The monoisotopic (exact) mass is 320 g/mol. The molecule has 126 valence electrons. The van der Waals surface area contributed by atoms with E-state index in [1.54, 1.807) is 11.9 Å². The number of likely N-dealkylation sites (tertiary alicyclic amines) is 1. The Labute approximate surface area is 135 Å². The molecule has 8 nitrogen and oxygen atoms in total. The highest BCUT2D eigenvalue weighted by molar-refractivity contribution is 5.89. The van der Waals surface area contributed by atoms with E-state index in [1.165, 1.54) is 12.8 Å². The maximum atomic E-state index is 12.6. The van der Waals surface area contributed by atoms with Crippen LogP contribution in [0.25, 0.3) is 0 Å². The van der Waals surface area contributed by atoms with Gasteiger partial charge in [0, 0.05) is 38.5 Å². The van der Waals surface area contributed by atoms with E-state index in [0.29, 0.717) is 31.4 Å². The van der Waals surface area contributed by atoms with Crippen LogP contribution in [-0.4, -0.2) is 68.4 Å². The van der Waals surface area contributed by atoms with E-state index in [1.807, 2.05) is 11.8 Å². The topological polar surface area (TPSA) is 95.1 Å². The van der Waals surface area contributed by atoms with Crippen molar-refractivity contribution in [1.29, 1.82) is 0 Å². The highest BCUT2D eigenvalue weighted by atomic mass is 16.2. The SMILES string of the molecule is C[C@H](CN(C)C(=O)[C@@H]1CC(=O)N(C2CCCC2)C1)c1nn[nH]n1. The number of nitrogens with zero attached hydrogens (tertiary/aromatic N) is 5. The van der Waals surface area contributed by atoms with E-state index in [4.69, 9.17) is 0 Å². The number of carbonyl (C=O) groups excluding carboxylic acids is 2. The molecular formula is C15H24N6O2. The summed E-state index contributed by atoms with van der Waals surface area (Å²) in [6.07, 6.45) is 4.88. The van der Waals surface area contributed by atoms with E-state index < -0.39 is 0 Å². The molecule has 2 heterocycles. The second-order valence-corrected chi connectivity index (χ2v) is 6.78. The third-order valence-electron chi connectivity index (χ3n) is 5.00. The second kappa shape index (κ2) is 6.64. The number of H-pyrrole nitrogens is 1. The molecule has 1 N–H and O–H groups in total. The fraction of sp³-hybridized carbons (Fsp3) is 0.800. The summed E-state index contributed by atoms with van der Waals surface area (Å²) in [5.41, 5.74) is 0. The van der Waals surface area contributed by atoms with Gasteiger partial charge in [-0.1, -0.05) is 25.0 Å². The quantitative estimate of drug-likeness (QED) is 0.855. The van der Waals surface area contributed by atoms with Gasteiger partial charge in [0.25, 0.3) is 0 Å². The third-order valence-corrected chi connectivity index (χ3v) is 5.00. The zero-order valence-electron chi connectivity index (χ0n) is 13.7. The molecule has 0 unspecified atom stereocenters. The fourth-order valence-corrected chi connectivity index (χ4v) is 3.74. The molecule has 2 amide bonds. The summed E-state index contributed by atoms with van der Waals surface area (Å²) in [6.45, 7) is 3.05. The first-order chi connectivity index (χ1) is 11.1. The van der Waals surface area contributed by atoms with Gasteiger partial charge >= 0.3 is 0 Å². The van der Waals surface area contributed by atoms with Gasteiger partial charge in [-0.2, -0.15) is 5.21 Å². The molecule has 1 aromatic heterocycles. The van der Waals surface area contributed by atoms with Crippen molar-refractivity contribution < 1.29 is 9.59 Å². The smallest absolute Gasteiger partial charge is 0.227 e. The molecule has 0 aromatic carbocycles. The van der Waals surface area contributed by atoms with Crippen molar-refractivity contribution in [2.45, 2.75) is 51.0 Å². The molecule has 8 heteroatoms. The normalized spacial score (nSPS) is 23.5. The number of nitrogens with one attached hydrogen (secondary N) is 1. The maximum Gasteiger partial charge on any atom is 0.227 e. The van der Waals surface area contributed by atoms with E-state index in [9.17, 15) is 9.59 Å². The molecule has 2 atom stereocenters. The van der Waals surface area contributed by atoms with Crippen molar-refractivity contribution in [1.82, 2.24) is 30.4 Å². The maximum absolute atomic E-state index is 12.6. The summed E-state index contributed by atoms with van der Waals surface area (Å²) in [5, 5.41) is 13.9. The van der Waals surface area contributed by atoms with Crippen LogP contribution in [-0.2, 0) is 9.59 Å². The number of tetrazole rings is 1. The van der Waals surface area contributed by atoms with Crippen LogP contribution in [0.5, 0.6) is 0 Å². The van der Waals surface area contributed by atoms with Crippen LogP contribution >= 0.6 is 0 Å². The van der Waals surface area contributed by atoms with Gasteiger partial charge in [0.2, 0.25) is 11.8 Å². The van der Waals surface area contributed by atoms with Crippen LogP contribution in [0.4, 0.5) is 0 Å². The van der Waals surface area contributed by atoms with Gasteiger partial charge in [0.1, 0.15) is 0 Å². The number of aromatic nitrogens is 4.